The van der Waals surface area contributed by atoms with Gasteiger partial charge in [-0.15, -0.1) is 13.2 Å². The Balaban J connectivity index is 0.00000443. The van der Waals surface area contributed by atoms with Gasteiger partial charge < -0.3 is 20.1 Å². The smallest absolute Gasteiger partial charge is 0.245 e. The van der Waals surface area contributed by atoms with Gasteiger partial charge in [0.15, 0.2) is 11.6 Å². The van der Waals surface area contributed by atoms with Gasteiger partial charge in [-0.05, 0) is 49.6 Å². The van der Waals surface area contributed by atoms with E-state index in [-0.39, 0.29) is 17.5 Å². The first-order chi connectivity index (χ1) is 21.5. The number of hydrogen-bond acceptors (Lipinski definition) is 9. The minimum absolute atomic E-state index is 0.187. The van der Waals surface area contributed by atoms with Crippen LogP contribution in [0.25, 0.3) is 0 Å². The molecule has 0 radical (unpaired) electrons. The Kier molecular flexibility index (Phi) is 23.4. The van der Waals surface area contributed by atoms with Crippen LogP contribution in [0.1, 0.15) is 53.2 Å². The average Bonchev–Trinajstić information content (AvgIpc) is 3.06. The third kappa shape index (κ3) is 16.8. The number of methoxy groups -OCH3 is 1. The molecule has 2 rings (SSSR count). The maximum absolute atomic E-state index is 14.4. The van der Waals surface area contributed by atoms with Crippen LogP contribution in [-0.4, -0.2) is 59.6 Å². The van der Waals surface area contributed by atoms with Crippen LogP contribution in [-0.2, 0) is 4.74 Å². The summed E-state index contributed by atoms with van der Waals surface area (Å²) in [5.74, 6) is 0.0980. The molecule has 0 aliphatic heterocycles. The number of hydrazone groups is 1. The van der Waals surface area contributed by atoms with E-state index in [1.807, 2.05) is 69.0 Å². The molecule has 2 aromatic rings. The van der Waals surface area contributed by atoms with Gasteiger partial charge in [-0.2, -0.15) is 10.1 Å². The number of ether oxygens (including phenoxy) is 1. The first kappa shape index (κ1) is 39.4. The second-order valence-electron chi connectivity index (χ2n) is 8.53. The third-order valence-electron chi connectivity index (χ3n) is 5.31. The van der Waals surface area contributed by atoms with Crippen molar-refractivity contribution in [1.82, 2.24) is 15.0 Å². The van der Waals surface area contributed by atoms with Gasteiger partial charge in [-0.1, -0.05) is 64.2 Å². The number of halogens is 1. The standard InChI is InChI=1S/C30H40FN7O2.C2H6.C2H4/c1-5-8-12-27(39)16-13-24(10-6-2)11-9-17-32-25-14-15-26(33-21-25)22-35-37-30-34-23-28(31)29(36-30)38(18-7-3)19-20-40-4;2*1-2/h5,8-16,21-23,32,39H,6-7,17-20H2,1-4H3,(H,34,36,37);1-2H3;1-2H2/b8-5-,11-9-,16-13+,24-10+,27-12+,35-22+;;. The molecular weight excluding hydrogens is 557 g/mol. The predicted molar refractivity (Wildman–Crippen MR) is 185 cm³/mol. The number of aliphatic hydroxyl groups is 1. The summed E-state index contributed by atoms with van der Waals surface area (Å²) in [4.78, 5) is 14.5. The molecule has 0 aliphatic carbocycles. The van der Waals surface area contributed by atoms with Crippen molar-refractivity contribution in [2.24, 2.45) is 5.10 Å². The SMILES string of the molecule is C=C.CC.C\C=C/C=C(O)\C=C\C(\C=C/CNc1ccc(/C=N/Nc2ncc(F)c(N(CCC)CCOC)n2)nc1)=C\CC. The average molecular weight is 608 g/mol. The molecule has 3 N–H and O–H groups in total. The number of anilines is 3. The molecule has 0 saturated heterocycles. The van der Waals surface area contributed by atoms with Crippen LogP contribution < -0.4 is 15.6 Å². The Morgan fingerprint density at radius 1 is 1.11 bits per heavy atom. The highest BCUT2D eigenvalue weighted by Gasteiger charge is 2.14. The lowest BCUT2D eigenvalue weighted by Crippen LogP contribution is -2.30. The van der Waals surface area contributed by atoms with Crippen molar-refractivity contribution in [3.63, 3.8) is 0 Å². The number of rotatable bonds is 17. The summed E-state index contributed by atoms with van der Waals surface area (Å²) in [6.45, 7) is 18.2. The van der Waals surface area contributed by atoms with Gasteiger partial charge in [-0.3, -0.25) is 4.98 Å². The lowest BCUT2D eigenvalue weighted by molar-refractivity contribution is 0.205. The van der Waals surface area contributed by atoms with Crippen LogP contribution in [0.4, 0.5) is 21.8 Å². The fraction of sp³-hybridized carbons (Fsp3) is 0.353. The molecule has 0 unspecified atom stereocenters. The number of hydrogen-bond donors (Lipinski definition) is 3. The van der Waals surface area contributed by atoms with E-state index in [0.29, 0.717) is 31.9 Å². The molecule has 0 atom stereocenters. The highest BCUT2D eigenvalue weighted by molar-refractivity contribution is 5.77. The summed E-state index contributed by atoms with van der Waals surface area (Å²) in [6.07, 6.45) is 21.0. The summed E-state index contributed by atoms with van der Waals surface area (Å²) >= 11 is 0. The molecule has 0 fully saturated rings. The molecule has 0 amide bonds. The predicted octanol–water partition coefficient (Wildman–Crippen LogP) is 8.03. The Bertz CT molecular complexity index is 1220. The summed E-state index contributed by atoms with van der Waals surface area (Å²) < 4.78 is 19.5. The molecule has 0 spiro atoms. The van der Waals surface area contributed by atoms with Crippen LogP contribution in [0.2, 0.25) is 0 Å². The Morgan fingerprint density at radius 2 is 1.89 bits per heavy atom. The second kappa shape index (κ2) is 26.1. The van der Waals surface area contributed by atoms with Crippen molar-refractivity contribution in [2.45, 2.75) is 47.5 Å². The minimum atomic E-state index is -0.496. The lowest BCUT2D eigenvalue weighted by Gasteiger charge is -2.23. The second-order valence-corrected chi connectivity index (χ2v) is 8.53. The normalized spacial score (nSPS) is 11.9. The van der Waals surface area contributed by atoms with Crippen molar-refractivity contribution in [3.8, 4) is 0 Å². The van der Waals surface area contributed by atoms with Crippen molar-refractivity contribution in [1.29, 1.82) is 0 Å². The fourth-order valence-corrected chi connectivity index (χ4v) is 3.40. The van der Waals surface area contributed by atoms with E-state index < -0.39 is 5.82 Å². The van der Waals surface area contributed by atoms with Gasteiger partial charge in [0.2, 0.25) is 5.95 Å². The van der Waals surface area contributed by atoms with Crippen molar-refractivity contribution < 1.29 is 14.2 Å². The molecule has 2 heterocycles. The van der Waals surface area contributed by atoms with E-state index in [0.717, 1.165) is 30.3 Å². The van der Waals surface area contributed by atoms with Crippen LogP contribution in [0.3, 0.4) is 0 Å². The van der Waals surface area contributed by atoms with Crippen molar-refractivity contribution in [3.05, 3.63) is 109 Å². The summed E-state index contributed by atoms with van der Waals surface area (Å²) in [6, 6.07) is 3.73. The molecule has 9 nitrogen and oxygen atoms in total. The molecule has 0 aliphatic rings. The van der Waals surface area contributed by atoms with Crippen molar-refractivity contribution >= 4 is 23.7 Å². The van der Waals surface area contributed by atoms with Crippen LogP contribution >= 0.6 is 0 Å². The number of pyridine rings is 1. The zero-order valence-electron chi connectivity index (χ0n) is 27.1. The Morgan fingerprint density at radius 3 is 2.52 bits per heavy atom. The van der Waals surface area contributed by atoms with E-state index in [1.54, 1.807) is 37.7 Å². The maximum atomic E-state index is 14.4. The van der Waals surface area contributed by atoms with E-state index in [4.69, 9.17) is 4.74 Å². The van der Waals surface area contributed by atoms with E-state index in [9.17, 15) is 9.50 Å². The van der Waals surface area contributed by atoms with Gasteiger partial charge >= 0.3 is 0 Å². The Hall–Kier alpha value is -4.57. The van der Waals surface area contributed by atoms with Crippen LogP contribution in [0.5, 0.6) is 0 Å². The summed E-state index contributed by atoms with van der Waals surface area (Å²) in [5, 5.41) is 17.3. The Labute approximate surface area is 263 Å². The highest BCUT2D eigenvalue weighted by Crippen LogP contribution is 2.18. The molecule has 240 valence electrons. The molecule has 0 aromatic carbocycles. The van der Waals surface area contributed by atoms with Crippen LogP contribution in [0, 0.1) is 5.82 Å². The van der Waals surface area contributed by atoms with Crippen LogP contribution in [0.15, 0.2) is 103 Å². The largest absolute Gasteiger partial charge is 0.508 e. The molecule has 10 heteroatoms. The van der Waals surface area contributed by atoms with Gasteiger partial charge in [-0.25, -0.2) is 14.8 Å². The number of nitrogens with one attached hydrogen (secondary N) is 2. The van der Waals surface area contributed by atoms with Crippen molar-refractivity contribution in [2.75, 3.05) is 49.0 Å². The zero-order chi connectivity index (χ0) is 33.0. The summed E-state index contributed by atoms with van der Waals surface area (Å²) in [7, 11) is 1.61. The number of nitrogens with zero attached hydrogens (tertiary/aromatic N) is 5. The highest BCUT2D eigenvalue weighted by atomic mass is 19.1. The van der Waals surface area contributed by atoms with E-state index >= 15 is 0 Å². The van der Waals surface area contributed by atoms with E-state index in [2.05, 4.69) is 57.0 Å². The molecular formula is C34H50FN7O2. The molecule has 2 aromatic heterocycles. The first-order valence-corrected chi connectivity index (χ1v) is 14.8. The number of aromatic nitrogens is 3. The fourth-order valence-electron chi connectivity index (χ4n) is 3.40. The monoisotopic (exact) mass is 607 g/mol. The topological polar surface area (TPSA) is 108 Å². The van der Waals surface area contributed by atoms with Gasteiger partial charge in [0.1, 0.15) is 5.76 Å². The maximum Gasteiger partial charge on any atom is 0.245 e. The van der Waals surface area contributed by atoms with Gasteiger partial charge in [0, 0.05) is 26.7 Å². The van der Waals surface area contributed by atoms with Gasteiger partial charge in [0.25, 0.3) is 0 Å². The summed E-state index contributed by atoms with van der Waals surface area (Å²) in [5.41, 5.74) is 5.24. The molecule has 44 heavy (non-hydrogen) atoms. The number of aliphatic hydroxyl groups excluding tert-OH is 1. The van der Waals surface area contributed by atoms with E-state index in [1.165, 1.54) is 0 Å². The quantitative estimate of drug-likeness (QED) is 0.0545. The first-order valence-electron chi connectivity index (χ1n) is 14.8. The third-order valence-corrected chi connectivity index (χ3v) is 5.31. The molecule has 0 saturated carbocycles. The zero-order valence-corrected chi connectivity index (χ0v) is 27.1. The van der Waals surface area contributed by atoms with Gasteiger partial charge in [0.05, 0.1) is 36.6 Å². The molecule has 0 bridgehead atoms. The minimum Gasteiger partial charge on any atom is -0.508 e. The lowest BCUT2D eigenvalue weighted by atomic mass is 10.2. The number of allylic oxidation sites excluding steroid dienone is 8.